The fraction of sp³-hybridized carbons (Fsp3) is 0.550. The minimum Gasteiger partial charge on any atom is -0.445 e. The number of carbonyl (C=O) groups is 3. The molecule has 27 heavy (non-hydrogen) atoms. The molecule has 7 heteroatoms. The maximum atomic E-state index is 11.8. The molecule has 0 unspecified atom stereocenters. The second kappa shape index (κ2) is 11.3. The van der Waals surface area contributed by atoms with Crippen molar-refractivity contribution in [3.63, 3.8) is 0 Å². The first-order valence-electron chi connectivity index (χ1n) is 9.52. The van der Waals surface area contributed by atoms with Gasteiger partial charge in [-0.25, -0.2) is 9.59 Å². The molecule has 1 aromatic carbocycles. The smallest absolute Gasteiger partial charge is 0.407 e. The minimum absolute atomic E-state index is 0.160. The Morgan fingerprint density at radius 2 is 1.81 bits per heavy atom. The SMILES string of the molecule is N[C@@H](CCCCNC(=O)OCc1ccccc1)C(=O)OC(=O)C1CCCC1. The fourth-order valence-electron chi connectivity index (χ4n) is 2.99. The topological polar surface area (TPSA) is 108 Å². The van der Waals surface area contributed by atoms with Gasteiger partial charge in [0.25, 0.3) is 0 Å². The van der Waals surface area contributed by atoms with Crippen molar-refractivity contribution in [3.8, 4) is 0 Å². The Kier molecular flexibility index (Phi) is 8.77. The van der Waals surface area contributed by atoms with Crippen LogP contribution in [0, 0.1) is 5.92 Å². The van der Waals surface area contributed by atoms with E-state index >= 15 is 0 Å². The van der Waals surface area contributed by atoms with Crippen LogP contribution < -0.4 is 11.1 Å². The van der Waals surface area contributed by atoms with Crippen molar-refractivity contribution in [1.82, 2.24) is 5.32 Å². The monoisotopic (exact) mass is 376 g/mol. The van der Waals surface area contributed by atoms with Crippen molar-refractivity contribution >= 4 is 18.0 Å². The lowest BCUT2D eigenvalue weighted by Crippen LogP contribution is -2.35. The van der Waals surface area contributed by atoms with Crippen LogP contribution in [0.15, 0.2) is 30.3 Å². The van der Waals surface area contributed by atoms with Gasteiger partial charge in [-0.15, -0.1) is 0 Å². The summed E-state index contributed by atoms with van der Waals surface area (Å²) < 4.78 is 9.97. The molecule has 148 valence electrons. The molecule has 1 saturated carbocycles. The van der Waals surface area contributed by atoms with Crippen molar-refractivity contribution in [2.45, 2.75) is 57.6 Å². The van der Waals surface area contributed by atoms with Gasteiger partial charge in [0.15, 0.2) is 0 Å². The van der Waals surface area contributed by atoms with Gasteiger partial charge in [0.2, 0.25) is 0 Å². The molecule has 3 N–H and O–H groups in total. The molecule has 0 heterocycles. The zero-order valence-corrected chi connectivity index (χ0v) is 15.5. The second-order valence-electron chi connectivity index (χ2n) is 6.81. The van der Waals surface area contributed by atoms with E-state index in [4.69, 9.17) is 15.2 Å². The highest BCUT2D eigenvalue weighted by molar-refractivity contribution is 5.89. The van der Waals surface area contributed by atoms with E-state index in [2.05, 4.69) is 5.32 Å². The minimum atomic E-state index is -0.819. The molecule has 0 aliphatic heterocycles. The number of amides is 1. The lowest BCUT2D eigenvalue weighted by molar-refractivity contribution is -0.163. The second-order valence-corrected chi connectivity index (χ2v) is 6.81. The number of rotatable bonds is 9. The molecule has 1 amide bonds. The number of hydrogen-bond donors (Lipinski definition) is 2. The summed E-state index contributed by atoms with van der Waals surface area (Å²) in [4.78, 5) is 35.3. The molecule has 2 rings (SSSR count). The van der Waals surface area contributed by atoms with Gasteiger partial charge in [0.05, 0.1) is 5.92 Å². The van der Waals surface area contributed by atoms with Crippen LogP contribution in [-0.2, 0) is 25.7 Å². The Balaban J connectivity index is 1.51. The van der Waals surface area contributed by atoms with Gasteiger partial charge in [-0.1, -0.05) is 43.2 Å². The highest BCUT2D eigenvalue weighted by Gasteiger charge is 2.27. The number of unbranched alkanes of at least 4 members (excludes halogenated alkanes) is 1. The summed E-state index contributed by atoms with van der Waals surface area (Å²) in [6, 6.07) is 8.60. The molecule has 7 nitrogen and oxygen atoms in total. The lowest BCUT2D eigenvalue weighted by Gasteiger charge is -2.12. The highest BCUT2D eigenvalue weighted by Crippen LogP contribution is 2.25. The van der Waals surface area contributed by atoms with E-state index in [1.54, 1.807) is 0 Å². The predicted molar refractivity (Wildman–Crippen MR) is 99.5 cm³/mol. The Morgan fingerprint density at radius 3 is 2.52 bits per heavy atom. The average molecular weight is 376 g/mol. The first kappa shape index (κ1) is 20.9. The molecule has 0 radical (unpaired) electrons. The Morgan fingerprint density at radius 1 is 1.11 bits per heavy atom. The van der Waals surface area contributed by atoms with E-state index in [1.165, 1.54) is 0 Å². The summed E-state index contributed by atoms with van der Waals surface area (Å²) in [7, 11) is 0. The van der Waals surface area contributed by atoms with Crippen LogP contribution in [-0.4, -0.2) is 30.6 Å². The number of nitrogens with one attached hydrogen (secondary N) is 1. The van der Waals surface area contributed by atoms with Crippen LogP contribution in [0.5, 0.6) is 0 Å². The molecule has 1 aliphatic carbocycles. The Hall–Kier alpha value is -2.41. The summed E-state index contributed by atoms with van der Waals surface area (Å²) in [5.41, 5.74) is 6.70. The van der Waals surface area contributed by atoms with Crippen LogP contribution in [0.1, 0.15) is 50.5 Å². The summed E-state index contributed by atoms with van der Waals surface area (Å²) >= 11 is 0. The highest BCUT2D eigenvalue weighted by atomic mass is 16.6. The first-order valence-corrected chi connectivity index (χ1v) is 9.52. The number of ether oxygens (including phenoxy) is 2. The number of benzene rings is 1. The van der Waals surface area contributed by atoms with E-state index < -0.39 is 24.1 Å². The predicted octanol–water partition coefficient (Wildman–Crippen LogP) is 2.67. The van der Waals surface area contributed by atoms with E-state index in [-0.39, 0.29) is 12.5 Å². The largest absolute Gasteiger partial charge is 0.445 e. The van der Waals surface area contributed by atoms with Gasteiger partial charge < -0.3 is 20.5 Å². The summed E-state index contributed by atoms with van der Waals surface area (Å²) in [5.74, 6) is -1.27. The van der Waals surface area contributed by atoms with Crippen molar-refractivity contribution in [1.29, 1.82) is 0 Å². The number of alkyl carbamates (subject to hydrolysis) is 1. The zero-order chi connectivity index (χ0) is 19.5. The van der Waals surface area contributed by atoms with Crippen LogP contribution in [0.4, 0.5) is 4.79 Å². The van der Waals surface area contributed by atoms with E-state index in [0.29, 0.717) is 25.8 Å². The third-order valence-corrected chi connectivity index (χ3v) is 4.62. The summed E-state index contributed by atoms with van der Waals surface area (Å²) in [5, 5.41) is 2.65. The third kappa shape index (κ3) is 7.78. The van der Waals surface area contributed by atoms with E-state index in [9.17, 15) is 14.4 Å². The van der Waals surface area contributed by atoms with Crippen LogP contribution >= 0.6 is 0 Å². The van der Waals surface area contributed by atoms with Crippen LogP contribution in [0.25, 0.3) is 0 Å². The van der Waals surface area contributed by atoms with Crippen LogP contribution in [0.3, 0.4) is 0 Å². The number of esters is 2. The molecular formula is C20H28N2O5. The quantitative estimate of drug-likeness (QED) is 0.390. The fourth-order valence-corrected chi connectivity index (χ4v) is 2.99. The van der Waals surface area contributed by atoms with Crippen molar-refractivity contribution in [2.24, 2.45) is 11.7 Å². The summed E-state index contributed by atoms with van der Waals surface area (Å²) in [6.07, 6.45) is 4.77. The van der Waals surface area contributed by atoms with Crippen LogP contribution in [0.2, 0.25) is 0 Å². The number of carbonyl (C=O) groups excluding carboxylic acids is 3. The number of nitrogens with two attached hydrogens (primary N) is 1. The van der Waals surface area contributed by atoms with Gasteiger partial charge in [-0.2, -0.15) is 0 Å². The third-order valence-electron chi connectivity index (χ3n) is 4.62. The van der Waals surface area contributed by atoms with Gasteiger partial charge in [0.1, 0.15) is 12.6 Å². The standard InChI is InChI=1S/C20H28N2O5/c21-17(19(24)27-18(23)16-10-4-5-11-16)12-6-7-13-22-20(25)26-14-15-8-2-1-3-9-15/h1-3,8-9,16-17H,4-7,10-14,21H2,(H,22,25)/t17-/m0/s1. The lowest BCUT2D eigenvalue weighted by atomic mass is 10.1. The van der Waals surface area contributed by atoms with Crippen molar-refractivity contribution < 1.29 is 23.9 Å². The first-order chi connectivity index (χ1) is 13.1. The molecule has 1 fully saturated rings. The van der Waals surface area contributed by atoms with Gasteiger partial charge in [-0.3, -0.25) is 4.79 Å². The molecule has 0 saturated heterocycles. The molecule has 0 aromatic heterocycles. The molecule has 1 aliphatic rings. The molecule has 1 aromatic rings. The van der Waals surface area contributed by atoms with Gasteiger partial charge in [-0.05, 0) is 37.7 Å². The van der Waals surface area contributed by atoms with Gasteiger partial charge in [0, 0.05) is 6.54 Å². The maximum absolute atomic E-state index is 11.8. The summed E-state index contributed by atoms with van der Waals surface area (Å²) in [6.45, 7) is 0.648. The van der Waals surface area contributed by atoms with Gasteiger partial charge >= 0.3 is 18.0 Å². The zero-order valence-electron chi connectivity index (χ0n) is 15.5. The van der Waals surface area contributed by atoms with E-state index in [0.717, 1.165) is 31.2 Å². The molecule has 0 bridgehead atoms. The molecular weight excluding hydrogens is 348 g/mol. The average Bonchev–Trinajstić information content (AvgIpc) is 3.21. The number of hydrogen-bond acceptors (Lipinski definition) is 6. The Labute approximate surface area is 159 Å². The molecule has 1 atom stereocenters. The molecule has 0 spiro atoms. The maximum Gasteiger partial charge on any atom is 0.407 e. The normalized spacial score (nSPS) is 15.1. The van der Waals surface area contributed by atoms with Crippen molar-refractivity contribution in [3.05, 3.63) is 35.9 Å². The Bertz CT molecular complexity index is 614. The van der Waals surface area contributed by atoms with E-state index in [1.807, 2.05) is 30.3 Å². The van der Waals surface area contributed by atoms with Crippen molar-refractivity contribution in [2.75, 3.05) is 6.54 Å².